The Hall–Kier alpha value is -6.96. The van der Waals surface area contributed by atoms with Gasteiger partial charge in [-0.15, -0.1) is 0 Å². The topological polar surface area (TPSA) is 13.1 Å². The Balaban J connectivity index is 1.16. The van der Waals surface area contributed by atoms with Crippen LogP contribution in [0.1, 0.15) is 25.0 Å². The first-order chi connectivity index (χ1) is 27.5. The van der Waals surface area contributed by atoms with Crippen molar-refractivity contribution in [2.24, 2.45) is 0 Å². The summed E-state index contributed by atoms with van der Waals surface area (Å²) in [7, 11) is 0. The number of furan rings is 1. The van der Waals surface area contributed by atoms with Crippen LogP contribution >= 0.6 is 0 Å². The van der Waals surface area contributed by atoms with E-state index in [0.717, 1.165) is 11.2 Å². The van der Waals surface area contributed by atoms with E-state index in [1.807, 2.05) is 0 Å². The summed E-state index contributed by atoms with van der Waals surface area (Å²) >= 11 is 0. The van der Waals surface area contributed by atoms with E-state index >= 15 is 0 Å². The second-order valence-electron chi connectivity index (χ2n) is 16.0. The van der Waals surface area contributed by atoms with Crippen LogP contribution in [-0.4, -0.2) is 0 Å². The maximum atomic E-state index is 6.85. The third-order valence-corrected chi connectivity index (χ3v) is 12.6. The van der Waals surface area contributed by atoms with Gasteiger partial charge in [0.25, 0.3) is 0 Å². The van der Waals surface area contributed by atoms with Crippen LogP contribution in [0.4, 0.5) is 0 Å². The molecule has 0 saturated heterocycles. The average molecular weight is 713 g/mol. The molecule has 12 rings (SSSR count). The summed E-state index contributed by atoms with van der Waals surface area (Å²) in [5.41, 5.74) is 14.4. The molecule has 1 aliphatic carbocycles. The molecule has 0 saturated carbocycles. The van der Waals surface area contributed by atoms with Crippen molar-refractivity contribution >= 4 is 65.0 Å². The molecule has 0 spiro atoms. The predicted octanol–water partition coefficient (Wildman–Crippen LogP) is 15.5. The summed E-state index contributed by atoms with van der Waals surface area (Å²) in [5, 5.41) is 12.3. The molecule has 0 aliphatic heterocycles. The summed E-state index contributed by atoms with van der Waals surface area (Å²) in [6.45, 7) is 4.74. The van der Waals surface area contributed by atoms with Crippen LogP contribution in [0.15, 0.2) is 186 Å². The van der Waals surface area contributed by atoms with Crippen LogP contribution in [0.3, 0.4) is 0 Å². The van der Waals surface area contributed by atoms with Gasteiger partial charge in [-0.2, -0.15) is 0 Å². The molecule has 10 aromatic carbocycles. The van der Waals surface area contributed by atoms with Gasteiger partial charge in [-0.1, -0.05) is 172 Å². The molecule has 0 amide bonds. The minimum absolute atomic E-state index is 0.183. The fourth-order valence-corrected chi connectivity index (χ4v) is 10.2. The van der Waals surface area contributed by atoms with Crippen LogP contribution in [0.5, 0.6) is 0 Å². The molecular formula is C55H36O. The predicted molar refractivity (Wildman–Crippen MR) is 238 cm³/mol. The van der Waals surface area contributed by atoms with Gasteiger partial charge in [0.1, 0.15) is 11.2 Å². The van der Waals surface area contributed by atoms with Gasteiger partial charge in [0.2, 0.25) is 0 Å². The molecule has 11 aromatic rings. The highest BCUT2D eigenvalue weighted by molar-refractivity contribution is 6.24. The Morgan fingerprint density at radius 3 is 1.64 bits per heavy atom. The number of hydrogen-bond donors (Lipinski definition) is 0. The zero-order chi connectivity index (χ0) is 37.1. The Morgan fingerprint density at radius 2 is 0.929 bits per heavy atom. The lowest BCUT2D eigenvalue weighted by Crippen LogP contribution is -2.15. The van der Waals surface area contributed by atoms with E-state index in [-0.39, 0.29) is 5.41 Å². The molecule has 0 fully saturated rings. The highest BCUT2D eigenvalue weighted by Crippen LogP contribution is 2.55. The number of fused-ring (bicyclic) bond motifs is 11. The SMILES string of the molecule is CC1(C)c2ccccc2-c2ccc3oc4cc5ccccc5c(-c5cccc(-c6c7ccccc7c(-c7ccc8ccccc8c7)c7ccccc67)c5)c4c3c21. The lowest BCUT2D eigenvalue weighted by molar-refractivity contribution is 0.657. The summed E-state index contributed by atoms with van der Waals surface area (Å²) in [6.07, 6.45) is 0. The molecule has 56 heavy (non-hydrogen) atoms. The molecule has 0 atom stereocenters. The van der Waals surface area contributed by atoms with Crippen LogP contribution < -0.4 is 0 Å². The van der Waals surface area contributed by atoms with Gasteiger partial charge in [0, 0.05) is 21.8 Å². The van der Waals surface area contributed by atoms with Gasteiger partial charge in [0.15, 0.2) is 0 Å². The lowest BCUT2D eigenvalue weighted by atomic mass is 9.79. The van der Waals surface area contributed by atoms with Crippen LogP contribution in [0.25, 0.3) is 110 Å². The Labute approximate surface area is 325 Å². The molecule has 0 N–H and O–H groups in total. The van der Waals surface area contributed by atoms with E-state index in [1.165, 1.54) is 109 Å². The first kappa shape index (κ1) is 31.4. The normalized spacial score (nSPS) is 13.3. The van der Waals surface area contributed by atoms with E-state index in [9.17, 15) is 0 Å². The molecule has 262 valence electrons. The smallest absolute Gasteiger partial charge is 0.136 e. The highest BCUT2D eigenvalue weighted by atomic mass is 16.3. The quantitative estimate of drug-likeness (QED) is 0.166. The van der Waals surface area contributed by atoms with E-state index in [0.29, 0.717) is 0 Å². The molecule has 1 heteroatoms. The maximum absolute atomic E-state index is 6.85. The minimum Gasteiger partial charge on any atom is -0.456 e. The van der Waals surface area contributed by atoms with Crippen molar-refractivity contribution in [3.05, 3.63) is 193 Å². The van der Waals surface area contributed by atoms with E-state index in [1.54, 1.807) is 0 Å². The fraction of sp³-hybridized carbons (Fsp3) is 0.0545. The van der Waals surface area contributed by atoms with E-state index < -0.39 is 0 Å². The Morgan fingerprint density at radius 1 is 0.357 bits per heavy atom. The fourth-order valence-electron chi connectivity index (χ4n) is 10.2. The van der Waals surface area contributed by atoms with Gasteiger partial charge < -0.3 is 4.42 Å². The number of benzene rings is 10. The van der Waals surface area contributed by atoms with E-state index in [2.05, 4.69) is 196 Å². The van der Waals surface area contributed by atoms with Gasteiger partial charge in [-0.05, 0) is 117 Å². The molecule has 1 aliphatic rings. The second-order valence-corrected chi connectivity index (χ2v) is 16.0. The molecule has 0 unspecified atom stereocenters. The summed E-state index contributed by atoms with van der Waals surface area (Å²) in [4.78, 5) is 0. The first-order valence-corrected chi connectivity index (χ1v) is 19.6. The van der Waals surface area contributed by atoms with Gasteiger partial charge in [-0.25, -0.2) is 0 Å². The zero-order valence-corrected chi connectivity index (χ0v) is 31.2. The number of hydrogen-bond acceptors (Lipinski definition) is 1. The molecule has 1 aromatic heterocycles. The molecule has 1 heterocycles. The van der Waals surface area contributed by atoms with E-state index in [4.69, 9.17) is 4.42 Å². The van der Waals surface area contributed by atoms with Crippen LogP contribution in [-0.2, 0) is 5.41 Å². The largest absolute Gasteiger partial charge is 0.456 e. The monoisotopic (exact) mass is 712 g/mol. The summed E-state index contributed by atoms with van der Waals surface area (Å²) < 4.78 is 6.85. The third kappa shape index (κ3) is 4.31. The van der Waals surface area contributed by atoms with Crippen LogP contribution in [0, 0.1) is 0 Å². The standard InChI is InChI=1S/C55H36O/c1-55(2)46-25-12-11-20-40(46)45-28-29-47-53(54(45)55)52-48(56-47)32-35-16-5-6-19-39(35)51(52)37-18-13-17-36(31-37)49-41-21-7-9-23-43(41)50(44-24-10-8-22-42(44)49)38-27-26-33-14-3-4-15-34(33)30-38/h3-32H,1-2H3. The van der Waals surface area contributed by atoms with Crippen molar-refractivity contribution in [3.63, 3.8) is 0 Å². The van der Waals surface area contributed by atoms with Gasteiger partial charge >= 0.3 is 0 Å². The Bertz CT molecular complexity index is 3390. The van der Waals surface area contributed by atoms with Crippen LogP contribution in [0.2, 0.25) is 0 Å². The molecular weight excluding hydrogens is 677 g/mol. The van der Waals surface area contributed by atoms with Crippen molar-refractivity contribution in [2.75, 3.05) is 0 Å². The first-order valence-electron chi connectivity index (χ1n) is 19.6. The minimum atomic E-state index is -0.183. The van der Waals surface area contributed by atoms with Crippen molar-refractivity contribution in [1.29, 1.82) is 0 Å². The summed E-state index contributed by atoms with van der Waals surface area (Å²) in [5.74, 6) is 0. The van der Waals surface area contributed by atoms with Gasteiger partial charge in [0.05, 0.1) is 0 Å². The third-order valence-electron chi connectivity index (χ3n) is 12.6. The summed E-state index contributed by atoms with van der Waals surface area (Å²) in [6, 6.07) is 67.1. The average Bonchev–Trinajstić information content (AvgIpc) is 3.72. The lowest BCUT2D eigenvalue weighted by Gasteiger charge is -2.22. The Kier molecular flexibility index (Phi) is 6.46. The molecule has 1 nitrogen and oxygen atoms in total. The van der Waals surface area contributed by atoms with Crippen molar-refractivity contribution < 1.29 is 4.42 Å². The zero-order valence-electron chi connectivity index (χ0n) is 31.2. The molecule has 0 radical (unpaired) electrons. The van der Waals surface area contributed by atoms with Crippen molar-refractivity contribution in [2.45, 2.75) is 19.3 Å². The second kappa shape index (κ2) is 11.5. The van der Waals surface area contributed by atoms with Gasteiger partial charge in [-0.3, -0.25) is 0 Å². The maximum Gasteiger partial charge on any atom is 0.136 e. The van der Waals surface area contributed by atoms with Crippen molar-refractivity contribution in [3.8, 4) is 44.5 Å². The molecule has 0 bridgehead atoms. The highest BCUT2D eigenvalue weighted by Gasteiger charge is 2.38. The number of rotatable bonds is 3. The van der Waals surface area contributed by atoms with Crippen molar-refractivity contribution in [1.82, 2.24) is 0 Å².